The number of hydrogen-bond acceptors (Lipinski definition) is 9. The number of amides is 1. The van der Waals surface area contributed by atoms with E-state index in [0.717, 1.165) is 18.9 Å². The van der Waals surface area contributed by atoms with Gasteiger partial charge < -0.3 is 19.9 Å². The number of carbonyl (C=O) groups is 1. The van der Waals surface area contributed by atoms with Gasteiger partial charge in [0.15, 0.2) is 0 Å². The maximum absolute atomic E-state index is 14.2. The first-order valence-corrected chi connectivity index (χ1v) is 16.0. The molecule has 0 spiro atoms. The van der Waals surface area contributed by atoms with Gasteiger partial charge in [0.2, 0.25) is 0 Å². The van der Waals surface area contributed by atoms with E-state index in [0.29, 0.717) is 54.2 Å². The largest absolute Gasteiger partial charge is 0.457 e. The molecule has 2 aliphatic heterocycles. The molecule has 3 aromatic heterocycles. The molecule has 2 N–H and O–H groups in total. The number of benzene rings is 2. The molecule has 5 aromatic rings. The number of aromatic nitrogens is 6. The van der Waals surface area contributed by atoms with Crippen LogP contribution in [0.2, 0.25) is 0 Å². The number of hydrogen-bond donors (Lipinski definition) is 1. The molecular weight excluding hydrogens is 608 g/mol. The van der Waals surface area contributed by atoms with E-state index in [2.05, 4.69) is 26.2 Å². The fraction of sp³-hybridized carbons (Fsp3) is 0.314. The summed E-state index contributed by atoms with van der Waals surface area (Å²) in [6.07, 6.45) is 6.41. The number of ether oxygens (including phenoxy) is 1. The van der Waals surface area contributed by atoms with Gasteiger partial charge in [0.25, 0.3) is 5.91 Å². The van der Waals surface area contributed by atoms with Gasteiger partial charge in [-0.25, -0.2) is 9.78 Å². The molecule has 1 amide bonds. The lowest BCUT2D eigenvalue weighted by molar-refractivity contribution is -0.128. The highest BCUT2D eigenvalue weighted by Crippen LogP contribution is 2.31. The van der Waals surface area contributed by atoms with Gasteiger partial charge >= 0.3 is 5.69 Å². The van der Waals surface area contributed by atoms with Crippen molar-refractivity contribution in [2.45, 2.75) is 51.4 Å². The highest BCUT2D eigenvalue weighted by Gasteiger charge is 2.34. The highest BCUT2D eigenvalue weighted by atomic mass is 16.5. The molecule has 13 nitrogen and oxygen atoms in total. The van der Waals surface area contributed by atoms with Crippen molar-refractivity contribution in [2.75, 3.05) is 25.4 Å². The number of anilines is 1. The predicted molar refractivity (Wildman–Crippen MR) is 179 cm³/mol. The van der Waals surface area contributed by atoms with Gasteiger partial charge in [-0.3, -0.25) is 18.8 Å². The minimum absolute atomic E-state index is 0.0775. The van der Waals surface area contributed by atoms with Gasteiger partial charge in [-0.2, -0.15) is 5.26 Å². The first kappa shape index (κ1) is 30.9. The summed E-state index contributed by atoms with van der Waals surface area (Å²) in [5, 5.41) is 18.3. The van der Waals surface area contributed by atoms with Gasteiger partial charge in [-0.1, -0.05) is 18.2 Å². The number of nitrogens with two attached hydrogens (primary N) is 1. The molecule has 2 aromatic carbocycles. The molecule has 13 heteroatoms. The van der Waals surface area contributed by atoms with Crippen molar-refractivity contribution in [3.63, 3.8) is 0 Å². The van der Waals surface area contributed by atoms with Crippen molar-refractivity contribution in [1.82, 2.24) is 38.7 Å². The van der Waals surface area contributed by atoms with Gasteiger partial charge in [-0.05, 0) is 75.2 Å². The van der Waals surface area contributed by atoms with Crippen LogP contribution >= 0.6 is 0 Å². The summed E-state index contributed by atoms with van der Waals surface area (Å²) in [5.41, 5.74) is 7.34. The van der Waals surface area contributed by atoms with Crippen LogP contribution < -0.4 is 16.2 Å². The number of fused-ring (bicyclic) bond motifs is 2. The van der Waals surface area contributed by atoms with E-state index in [-0.39, 0.29) is 35.6 Å². The lowest BCUT2D eigenvalue weighted by atomic mass is 9.96. The molecule has 0 aliphatic carbocycles. The van der Waals surface area contributed by atoms with Crippen molar-refractivity contribution < 1.29 is 9.53 Å². The molecule has 7 rings (SSSR count). The Bertz CT molecular complexity index is 2100. The molecule has 0 saturated carbocycles. The SMILES string of the molecule is CC(C)(C=C(C#N)C(=O)N1CCC[C@@H](n2c(=O)n(-c3ccc(Oc4ccccc4)cc3)c3c(N)nccc32)C1)N1CCn2cnnc2C1. The van der Waals surface area contributed by atoms with E-state index in [9.17, 15) is 14.9 Å². The minimum atomic E-state index is -0.580. The maximum atomic E-state index is 14.2. The number of carbonyl (C=O) groups excluding carboxylic acids is 1. The molecule has 2 aliphatic rings. The normalized spacial score (nSPS) is 17.2. The van der Waals surface area contributed by atoms with Crippen LogP contribution in [0.3, 0.4) is 0 Å². The molecule has 1 saturated heterocycles. The number of nitriles is 1. The van der Waals surface area contributed by atoms with Crippen molar-refractivity contribution in [3.8, 4) is 23.3 Å². The highest BCUT2D eigenvalue weighted by molar-refractivity contribution is 5.97. The predicted octanol–water partition coefficient (Wildman–Crippen LogP) is 4.06. The van der Waals surface area contributed by atoms with Gasteiger partial charge in [0.1, 0.15) is 46.6 Å². The third-order valence-electron chi connectivity index (χ3n) is 9.24. The summed E-state index contributed by atoms with van der Waals surface area (Å²) in [6.45, 7) is 6.79. The Morgan fingerprint density at radius 1 is 1.06 bits per heavy atom. The first-order chi connectivity index (χ1) is 23.2. The van der Waals surface area contributed by atoms with E-state index < -0.39 is 5.54 Å². The van der Waals surface area contributed by atoms with Crippen molar-refractivity contribution in [1.29, 1.82) is 5.26 Å². The Hall–Kier alpha value is -5.74. The molecule has 0 bridgehead atoms. The standard InChI is InChI=1S/C35H36N10O3/c1-35(2,43-18-17-42-23-39-40-30(42)22-43)19-24(20-36)33(46)41-16-6-7-26(21-41)44-29-14-15-38-32(37)31(29)45(34(44)47)25-10-12-28(13-11-25)48-27-8-4-3-5-9-27/h3-5,8-15,19,23,26H,6-7,16-18,21-22H2,1-2H3,(H2,37,38)/t26-/m1/s1. The average molecular weight is 645 g/mol. The topological polar surface area (TPSA) is 153 Å². The molecule has 0 radical (unpaired) electrons. The molecule has 244 valence electrons. The lowest BCUT2D eigenvalue weighted by Gasteiger charge is -2.39. The Labute approximate surface area is 277 Å². The molecule has 1 fully saturated rings. The summed E-state index contributed by atoms with van der Waals surface area (Å²) in [5.74, 6) is 2.07. The Balaban J connectivity index is 1.16. The van der Waals surface area contributed by atoms with Gasteiger partial charge in [-0.15, -0.1) is 10.2 Å². The van der Waals surface area contributed by atoms with Crippen LogP contribution in [0.5, 0.6) is 11.5 Å². The van der Waals surface area contributed by atoms with Crippen LogP contribution in [-0.2, 0) is 17.9 Å². The van der Waals surface area contributed by atoms with Crippen LogP contribution in [0.15, 0.2) is 89.6 Å². The van der Waals surface area contributed by atoms with E-state index >= 15 is 0 Å². The fourth-order valence-corrected chi connectivity index (χ4v) is 6.73. The first-order valence-electron chi connectivity index (χ1n) is 16.0. The summed E-state index contributed by atoms with van der Waals surface area (Å²) in [4.78, 5) is 36.3. The zero-order valence-corrected chi connectivity index (χ0v) is 26.9. The number of pyridine rings is 1. The molecule has 0 unspecified atom stereocenters. The van der Waals surface area contributed by atoms with Crippen LogP contribution in [0, 0.1) is 11.3 Å². The molecular formula is C35H36N10O3. The van der Waals surface area contributed by atoms with E-state index in [1.807, 2.05) is 60.9 Å². The zero-order valence-electron chi connectivity index (χ0n) is 26.9. The van der Waals surface area contributed by atoms with Crippen LogP contribution in [0.25, 0.3) is 16.7 Å². The number of nitrogens with zero attached hydrogens (tertiary/aromatic N) is 9. The van der Waals surface area contributed by atoms with Crippen LogP contribution in [0.4, 0.5) is 5.82 Å². The summed E-state index contributed by atoms with van der Waals surface area (Å²) in [7, 11) is 0. The van der Waals surface area contributed by atoms with Crippen molar-refractivity contribution in [3.05, 3.63) is 101 Å². The van der Waals surface area contributed by atoms with E-state index in [1.54, 1.807) is 50.8 Å². The maximum Gasteiger partial charge on any atom is 0.334 e. The fourth-order valence-electron chi connectivity index (χ4n) is 6.73. The number of para-hydroxylation sites is 1. The smallest absolute Gasteiger partial charge is 0.334 e. The summed E-state index contributed by atoms with van der Waals surface area (Å²) >= 11 is 0. The second kappa shape index (κ2) is 12.5. The Morgan fingerprint density at radius 2 is 1.83 bits per heavy atom. The van der Waals surface area contributed by atoms with Gasteiger partial charge in [0, 0.05) is 37.9 Å². The molecule has 1 atom stereocenters. The summed E-state index contributed by atoms with van der Waals surface area (Å²) < 4.78 is 11.2. The average Bonchev–Trinajstić information content (AvgIpc) is 3.70. The second-order valence-corrected chi connectivity index (χ2v) is 12.7. The minimum Gasteiger partial charge on any atom is -0.457 e. The number of piperidine rings is 1. The van der Waals surface area contributed by atoms with Crippen LogP contribution in [0.1, 0.15) is 38.6 Å². The second-order valence-electron chi connectivity index (χ2n) is 12.7. The Kier molecular flexibility index (Phi) is 8.02. The van der Waals surface area contributed by atoms with Crippen LogP contribution in [-0.4, -0.2) is 69.8 Å². The third-order valence-corrected chi connectivity index (χ3v) is 9.24. The quantitative estimate of drug-likeness (QED) is 0.204. The van der Waals surface area contributed by atoms with Crippen molar-refractivity contribution in [2.24, 2.45) is 0 Å². The monoisotopic (exact) mass is 644 g/mol. The number of likely N-dealkylation sites (tertiary alicyclic amines) is 1. The van der Waals surface area contributed by atoms with E-state index in [1.165, 1.54) is 0 Å². The molecule has 5 heterocycles. The lowest BCUT2D eigenvalue weighted by Crippen LogP contribution is -2.48. The van der Waals surface area contributed by atoms with Gasteiger partial charge in [0.05, 0.1) is 23.8 Å². The number of nitrogen functional groups attached to an aromatic ring is 1. The number of imidazole rings is 1. The number of rotatable bonds is 7. The third kappa shape index (κ3) is 5.71. The zero-order chi connectivity index (χ0) is 33.4. The van der Waals surface area contributed by atoms with E-state index in [4.69, 9.17) is 10.5 Å². The molecule has 48 heavy (non-hydrogen) atoms. The Morgan fingerprint density at radius 3 is 2.60 bits per heavy atom. The van der Waals surface area contributed by atoms with Crippen molar-refractivity contribution >= 4 is 22.8 Å². The summed E-state index contributed by atoms with van der Waals surface area (Å²) in [6, 6.07) is 20.3.